The molecule has 1 aromatic rings. The first-order valence-corrected chi connectivity index (χ1v) is 9.07. The minimum Gasteiger partial charge on any atom is -0.497 e. The Labute approximate surface area is 165 Å². The van der Waals surface area contributed by atoms with Crippen LogP contribution in [0.1, 0.15) is 41.0 Å². The van der Waals surface area contributed by atoms with Crippen molar-refractivity contribution in [2.24, 2.45) is 5.92 Å². The molecule has 1 aromatic carbocycles. The highest BCUT2D eigenvalue weighted by Crippen LogP contribution is 2.21. The van der Waals surface area contributed by atoms with E-state index in [-0.39, 0.29) is 12.3 Å². The Balaban J connectivity index is 3.27. The Bertz CT molecular complexity index is 666. The lowest BCUT2D eigenvalue weighted by molar-refractivity contribution is -0.232. The number of ketones is 1. The molecule has 2 N–H and O–H groups in total. The van der Waals surface area contributed by atoms with E-state index in [9.17, 15) is 19.5 Å². The van der Waals surface area contributed by atoms with Gasteiger partial charge in [-0.25, -0.2) is 9.86 Å². The number of Topliss-reactive ketones (excluding diaryl/α,β-unsaturated/α-hetero) is 1. The molecular formula is C20H30N2O6. The number of hydrogen-bond acceptors (Lipinski definition) is 6. The third-order valence-corrected chi connectivity index (χ3v) is 3.69. The molecule has 0 heterocycles. The molecular weight excluding hydrogens is 364 g/mol. The molecule has 0 aliphatic heterocycles. The Kier molecular flexibility index (Phi) is 8.43. The quantitative estimate of drug-likeness (QED) is 0.439. The van der Waals surface area contributed by atoms with E-state index in [0.717, 1.165) is 5.06 Å². The van der Waals surface area contributed by atoms with E-state index in [1.54, 1.807) is 45.0 Å². The van der Waals surface area contributed by atoms with Gasteiger partial charge in [0.1, 0.15) is 11.8 Å². The molecule has 0 aromatic heterocycles. The number of amides is 1. The maximum absolute atomic E-state index is 12.9. The number of nitrogens with zero attached hydrogens (tertiary/aromatic N) is 1. The summed E-state index contributed by atoms with van der Waals surface area (Å²) in [6.45, 7) is 8.81. The van der Waals surface area contributed by atoms with Crippen LogP contribution in [0.25, 0.3) is 0 Å². The van der Waals surface area contributed by atoms with Gasteiger partial charge in [-0.05, 0) is 51.0 Å². The van der Waals surface area contributed by atoms with E-state index in [2.05, 4.69) is 5.32 Å². The molecule has 1 rings (SSSR count). The second-order valence-electron chi connectivity index (χ2n) is 7.87. The van der Waals surface area contributed by atoms with Crippen LogP contribution in [0.5, 0.6) is 5.75 Å². The maximum Gasteiger partial charge on any atom is 0.328 e. The van der Waals surface area contributed by atoms with E-state index in [1.807, 2.05) is 13.8 Å². The van der Waals surface area contributed by atoms with Crippen LogP contribution in [-0.2, 0) is 19.2 Å². The molecule has 0 spiro atoms. The standard InChI is InChI=1S/C20H30N2O6/c1-13(2)11-16(24)18(22(12-23)28-20(3,4)5)17(19(25)26)21-14-7-9-15(27-6)10-8-14/h7-10,12-13,17-18,21H,11H2,1-6H3,(H,25,26)/t17-,18?/m0/s1. The zero-order valence-electron chi connectivity index (χ0n) is 17.3. The van der Waals surface area contributed by atoms with Crippen molar-refractivity contribution in [1.29, 1.82) is 0 Å². The predicted molar refractivity (Wildman–Crippen MR) is 105 cm³/mol. The molecule has 8 nitrogen and oxygen atoms in total. The van der Waals surface area contributed by atoms with Gasteiger partial charge in [0.2, 0.25) is 6.41 Å². The molecule has 0 fully saturated rings. The summed E-state index contributed by atoms with van der Waals surface area (Å²) in [5, 5.41) is 13.4. The van der Waals surface area contributed by atoms with Crippen LogP contribution in [0.4, 0.5) is 5.69 Å². The van der Waals surface area contributed by atoms with Gasteiger partial charge in [0.15, 0.2) is 11.8 Å². The fourth-order valence-electron chi connectivity index (χ4n) is 2.60. The van der Waals surface area contributed by atoms with Crippen LogP contribution in [-0.4, -0.2) is 53.1 Å². The van der Waals surface area contributed by atoms with Gasteiger partial charge in [0, 0.05) is 12.1 Å². The minimum absolute atomic E-state index is 0.00595. The monoisotopic (exact) mass is 394 g/mol. The van der Waals surface area contributed by atoms with Gasteiger partial charge < -0.3 is 15.2 Å². The number of aliphatic carboxylic acids is 1. The average molecular weight is 394 g/mol. The SMILES string of the molecule is COc1ccc(N[C@H](C(=O)O)C(C(=O)CC(C)C)N(C=O)OC(C)(C)C)cc1. The molecule has 0 aliphatic carbocycles. The summed E-state index contributed by atoms with van der Waals surface area (Å²) in [7, 11) is 1.52. The summed E-state index contributed by atoms with van der Waals surface area (Å²) >= 11 is 0. The zero-order valence-corrected chi connectivity index (χ0v) is 17.3. The Hall–Kier alpha value is -2.61. The molecule has 8 heteroatoms. The largest absolute Gasteiger partial charge is 0.497 e. The number of carboxylic acids is 1. The number of carbonyl (C=O) groups excluding carboxylic acids is 2. The van der Waals surface area contributed by atoms with Crippen molar-refractivity contribution in [3.05, 3.63) is 24.3 Å². The summed E-state index contributed by atoms with van der Waals surface area (Å²) in [6, 6.07) is 3.86. The number of methoxy groups -OCH3 is 1. The number of carboxylic acid groups (broad SMARTS) is 1. The first-order valence-electron chi connectivity index (χ1n) is 9.07. The number of ether oxygens (including phenoxy) is 1. The summed E-state index contributed by atoms with van der Waals surface area (Å²) in [5.41, 5.74) is -0.322. The summed E-state index contributed by atoms with van der Waals surface area (Å²) in [4.78, 5) is 42.1. The molecule has 2 atom stereocenters. The van der Waals surface area contributed by atoms with E-state index in [4.69, 9.17) is 9.57 Å². The van der Waals surface area contributed by atoms with Gasteiger partial charge in [0.05, 0.1) is 12.7 Å². The van der Waals surface area contributed by atoms with Crippen LogP contribution >= 0.6 is 0 Å². The Morgan fingerprint density at radius 1 is 1.21 bits per heavy atom. The third-order valence-electron chi connectivity index (χ3n) is 3.69. The second kappa shape index (κ2) is 10.1. The number of nitrogens with one attached hydrogen (secondary N) is 1. The molecule has 156 valence electrons. The van der Waals surface area contributed by atoms with Gasteiger partial charge in [-0.1, -0.05) is 13.8 Å². The Morgan fingerprint density at radius 2 is 1.79 bits per heavy atom. The molecule has 0 saturated carbocycles. The zero-order chi connectivity index (χ0) is 21.5. The highest BCUT2D eigenvalue weighted by atomic mass is 16.7. The minimum atomic E-state index is -1.40. The van der Waals surface area contributed by atoms with Crippen LogP contribution in [0, 0.1) is 5.92 Å². The topological polar surface area (TPSA) is 105 Å². The fourth-order valence-corrected chi connectivity index (χ4v) is 2.60. The van der Waals surface area contributed by atoms with E-state index in [1.165, 1.54) is 7.11 Å². The summed E-state index contributed by atoms with van der Waals surface area (Å²) < 4.78 is 5.09. The number of rotatable bonds is 11. The highest BCUT2D eigenvalue weighted by molar-refractivity contribution is 5.93. The molecule has 1 unspecified atom stereocenters. The van der Waals surface area contributed by atoms with Gasteiger partial charge >= 0.3 is 5.97 Å². The van der Waals surface area contributed by atoms with Crippen LogP contribution in [0.2, 0.25) is 0 Å². The van der Waals surface area contributed by atoms with E-state index >= 15 is 0 Å². The first kappa shape index (κ1) is 23.4. The van der Waals surface area contributed by atoms with Crippen molar-refractivity contribution in [3.63, 3.8) is 0 Å². The fraction of sp³-hybridized carbons (Fsp3) is 0.550. The number of hydroxylamine groups is 2. The van der Waals surface area contributed by atoms with Crippen LogP contribution in [0.15, 0.2) is 24.3 Å². The number of carbonyl (C=O) groups is 3. The van der Waals surface area contributed by atoms with Crippen molar-refractivity contribution >= 4 is 23.9 Å². The molecule has 0 bridgehead atoms. The number of benzene rings is 1. The number of hydrogen-bond donors (Lipinski definition) is 2. The van der Waals surface area contributed by atoms with E-state index < -0.39 is 29.4 Å². The predicted octanol–water partition coefficient (Wildman–Crippen LogP) is 2.73. The van der Waals surface area contributed by atoms with Crippen LogP contribution in [0.3, 0.4) is 0 Å². The van der Waals surface area contributed by atoms with Gasteiger partial charge in [-0.15, -0.1) is 0 Å². The lowest BCUT2D eigenvalue weighted by atomic mass is 9.96. The summed E-state index contributed by atoms with van der Waals surface area (Å²) in [5.74, 6) is -1.08. The third kappa shape index (κ3) is 7.19. The smallest absolute Gasteiger partial charge is 0.328 e. The van der Waals surface area contributed by atoms with Crippen molar-refractivity contribution in [2.75, 3.05) is 12.4 Å². The van der Waals surface area contributed by atoms with Crippen molar-refractivity contribution in [1.82, 2.24) is 5.06 Å². The van der Waals surface area contributed by atoms with Gasteiger partial charge in [-0.3, -0.25) is 14.4 Å². The maximum atomic E-state index is 12.9. The Morgan fingerprint density at radius 3 is 2.18 bits per heavy atom. The second-order valence-corrected chi connectivity index (χ2v) is 7.87. The van der Waals surface area contributed by atoms with Crippen molar-refractivity contribution in [2.45, 2.75) is 58.7 Å². The van der Waals surface area contributed by atoms with Gasteiger partial charge in [-0.2, -0.15) is 0 Å². The van der Waals surface area contributed by atoms with Crippen molar-refractivity contribution < 1.29 is 29.1 Å². The highest BCUT2D eigenvalue weighted by Gasteiger charge is 2.40. The first-order chi connectivity index (χ1) is 13.0. The van der Waals surface area contributed by atoms with Crippen molar-refractivity contribution in [3.8, 4) is 5.75 Å². The molecule has 28 heavy (non-hydrogen) atoms. The number of anilines is 1. The lowest BCUT2D eigenvalue weighted by Gasteiger charge is -2.35. The molecule has 1 amide bonds. The summed E-state index contributed by atoms with van der Waals surface area (Å²) in [6.07, 6.45) is 0.455. The average Bonchev–Trinajstić information content (AvgIpc) is 2.58. The normalized spacial score (nSPS) is 13.5. The lowest BCUT2D eigenvalue weighted by Crippen LogP contribution is -2.56. The van der Waals surface area contributed by atoms with Gasteiger partial charge in [0.25, 0.3) is 0 Å². The molecule has 0 radical (unpaired) electrons. The van der Waals surface area contributed by atoms with E-state index in [0.29, 0.717) is 17.8 Å². The molecule has 0 saturated heterocycles. The van der Waals surface area contributed by atoms with Crippen LogP contribution < -0.4 is 10.1 Å². The molecule has 0 aliphatic rings.